The Bertz CT molecular complexity index is 579. The number of carbonyl (C=O) groups is 1. The van der Waals surface area contributed by atoms with Crippen LogP contribution in [0.15, 0.2) is 48.5 Å². The van der Waals surface area contributed by atoms with E-state index in [4.69, 9.17) is 9.84 Å². The van der Waals surface area contributed by atoms with E-state index in [0.29, 0.717) is 17.7 Å². The van der Waals surface area contributed by atoms with Gasteiger partial charge in [-0.2, -0.15) is 0 Å². The molecule has 0 unspecified atom stereocenters. The Balaban J connectivity index is 1.91. The number of benzene rings is 2. The van der Waals surface area contributed by atoms with Crippen LogP contribution in [0.4, 0.5) is 4.39 Å². The summed E-state index contributed by atoms with van der Waals surface area (Å²) < 4.78 is 18.9. The molecule has 0 atom stereocenters. The molecule has 0 aliphatic heterocycles. The third-order valence-electron chi connectivity index (χ3n) is 2.90. The highest BCUT2D eigenvalue weighted by molar-refractivity contribution is 5.67. The normalized spacial score (nSPS) is 10.2. The van der Waals surface area contributed by atoms with E-state index in [0.717, 1.165) is 5.56 Å². The van der Waals surface area contributed by atoms with E-state index in [1.165, 1.54) is 6.07 Å². The van der Waals surface area contributed by atoms with Gasteiger partial charge in [0.05, 0.1) is 0 Å². The van der Waals surface area contributed by atoms with E-state index < -0.39 is 5.97 Å². The lowest BCUT2D eigenvalue weighted by molar-refractivity contribution is -0.136. The molecule has 1 N–H and O–H groups in total. The van der Waals surface area contributed by atoms with Gasteiger partial charge in [-0.05, 0) is 30.2 Å². The first-order valence-electron chi connectivity index (χ1n) is 6.32. The molecule has 2 rings (SSSR count). The lowest BCUT2D eigenvalue weighted by Gasteiger charge is -2.07. The Labute approximate surface area is 116 Å². The van der Waals surface area contributed by atoms with E-state index in [-0.39, 0.29) is 18.8 Å². The molecule has 2 aromatic carbocycles. The van der Waals surface area contributed by atoms with Crippen LogP contribution in [-0.4, -0.2) is 11.1 Å². The highest BCUT2D eigenvalue weighted by Gasteiger charge is 2.03. The fourth-order valence-corrected chi connectivity index (χ4v) is 1.78. The van der Waals surface area contributed by atoms with Crippen LogP contribution in [0.2, 0.25) is 0 Å². The van der Waals surface area contributed by atoms with Gasteiger partial charge < -0.3 is 9.84 Å². The van der Waals surface area contributed by atoms with Crippen LogP contribution in [0.1, 0.15) is 17.5 Å². The number of rotatable bonds is 6. The van der Waals surface area contributed by atoms with Crippen molar-refractivity contribution < 1.29 is 19.0 Å². The third-order valence-corrected chi connectivity index (χ3v) is 2.90. The second-order valence-corrected chi connectivity index (χ2v) is 4.42. The highest BCUT2D eigenvalue weighted by Crippen LogP contribution is 2.16. The van der Waals surface area contributed by atoms with Crippen LogP contribution in [0.25, 0.3) is 0 Å². The summed E-state index contributed by atoms with van der Waals surface area (Å²) in [5, 5.41) is 8.61. The van der Waals surface area contributed by atoms with Gasteiger partial charge >= 0.3 is 5.97 Å². The van der Waals surface area contributed by atoms with Gasteiger partial charge in [0.25, 0.3) is 0 Å². The SMILES string of the molecule is O=C(O)CCc1ccc(OCc2ccccc2F)cc1. The van der Waals surface area contributed by atoms with Crippen molar-refractivity contribution in [1.29, 1.82) is 0 Å². The third kappa shape index (κ3) is 4.09. The number of carboxylic acid groups (broad SMARTS) is 1. The molecule has 0 fully saturated rings. The van der Waals surface area contributed by atoms with Gasteiger partial charge in [-0.25, -0.2) is 4.39 Å². The van der Waals surface area contributed by atoms with Crippen molar-refractivity contribution in [3.05, 3.63) is 65.5 Å². The second-order valence-electron chi connectivity index (χ2n) is 4.42. The minimum Gasteiger partial charge on any atom is -0.489 e. The zero-order valence-corrected chi connectivity index (χ0v) is 10.9. The van der Waals surface area contributed by atoms with Crippen LogP contribution in [0.5, 0.6) is 5.75 Å². The Hall–Kier alpha value is -2.36. The molecule has 0 amide bonds. The summed E-state index contributed by atoms with van der Waals surface area (Å²) in [6.45, 7) is 0.168. The summed E-state index contributed by atoms with van der Waals surface area (Å²) in [6, 6.07) is 13.6. The summed E-state index contributed by atoms with van der Waals surface area (Å²) in [4.78, 5) is 10.5. The van der Waals surface area contributed by atoms with Gasteiger partial charge in [0.2, 0.25) is 0 Å². The monoisotopic (exact) mass is 274 g/mol. The first-order valence-corrected chi connectivity index (χ1v) is 6.32. The number of ether oxygens (including phenoxy) is 1. The van der Waals surface area contributed by atoms with E-state index in [2.05, 4.69) is 0 Å². The Kier molecular flexibility index (Phi) is 4.71. The number of halogens is 1. The Morgan fingerprint density at radius 3 is 2.45 bits per heavy atom. The van der Waals surface area contributed by atoms with E-state index in [1.807, 2.05) is 12.1 Å². The van der Waals surface area contributed by atoms with Gasteiger partial charge in [0.1, 0.15) is 18.2 Å². The first-order chi connectivity index (χ1) is 9.65. The zero-order valence-electron chi connectivity index (χ0n) is 10.9. The van der Waals surface area contributed by atoms with Gasteiger partial charge in [0, 0.05) is 12.0 Å². The van der Waals surface area contributed by atoms with Crippen LogP contribution in [0.3, 0.4) is 0 Å². The van der Waals surface area contributed by atoms with Crippen molar-refractivity contribution in [1.82, 2.24) is 0 Å². The molecule has 0 spiro atoms. The van der Waals surface area contributed by atoms with Crippen molar-refractivity contribution in [2.45, 2.75) is 19.4 Å². The predicted octanol–water partition coefficient (Wildman–Crippen LogP) is 3.42. The van der Waals surface area contributed by atoms with E-state index >= 15 is 0 Å². The summed E-state index contributed by atoms with van der Waals surface area (Å²) in [5.74, 6) is -0.470. The minimum absolute atomic E-state index is 0.107. The summed E-state index contributed by atoms with van der Waals surface area (Å²) >= 11 is 0. The molecule has 0 bridgehead atoms. The standard InChI is InChI=1S/C16H15FO3/c17-15-4-2-1-3-13(15)11-20-14-8-5-12(6-9-14)7-10-16(18)19/h1-6,8-9H,7,10-11H2,(H,18,19). The fourth-order valence-electron chi connectivity index (χ4n) is 1.78. The molecule has 0 aliphatic rings. The molecule has 0 aliphatic carbocycles. The number of hydrogen-bond donors (Lipinski definition) is 1. The largest absolute Gasteiger partial charge is 0.489 e. The molecule has 104 valence electrons. The van der Waals surface area contributed by atoms with Gasteiger partial charge in [-0.3, -0.25) is 4.79 Å². The average Bonchev–Trinajstić information content (AvgIpc) is 2.45. The first kappa shape index (κ1) is 14.1. The van der Waals surface area contributed by atoms with E-state index in [9.17, 15) is 9.18 Å². The average molecular weight is 274 g/mol. The van der Waals surface area contributed by atoms with Crippen molar-refractivity contribution in [3.63, 3.8) is 0 Å². The number of hydrogen-bond acceptors (Lipinski definition) is 2. The minimum atomic E-state index is -0.815. The second kappa shape index (κ2) is 6.70. The highest BCUT2D eigenvalue weighted by atomic mass is 19.1. The molecule has 2 aromatic rings. The van der Waals surface area contributed by atoms with Crippen molar-refractivity contribution >= 4 is 5.97 Å². The number of carboxylic acids is 1. The number of aliphatic carboxylic acids is 1. The van der Waals surface area contributed by atoms with Crippen molar-refractivity contribution in [2.75, 3.05) is 0 Å². The van der Waals surface area contributed by atoms with E-state index in [1.54, 1.807) is 30.3 Å². The zero-order chi connectivity index (χ0) is 14.4. The molecular formula is C16H15FO3. The van der Waals surface area contributed by atoms with Gasteiger partial charge in [-0.15, -0.1) is 0 Å². The molecular weight excluding hydrogens is 259 g/mol. The molecule has 0 saturated heterocycles. The Morgan fingerprint density at radius 1 is 1.10 bits per heavy atom. The lowest BCUT2D eigenvalue weighted by Crippen LogP contribution is -1.99. The van der Waals surface area contributed by atoms with Crippen molar-refractivity contribution in [2.24, 2.45) is 0 Å². The van der Waals surface area contributed by atoms with Crippen molar-refractivity contribution in [3.8, 4) is 5.75 Å². The van der Waals surface area contributed by atoms with Gasteiger partial charge in [0.15, 0.2) is 0 Å². The smallest absolute Gasteiger partial charge is 0.303 e. The maximum atomic E-state index is 13.4. The predicted molar refractivity (Wildman–Crippen MR) is 73.1 cm³/mol. The van der Waals surface area contributed by atoms with Crippen LogP contribution in [0, 0.1) is 5.82 Å². The number of aryl methyl sites for hydroxylation is 1. The fraction of sp³-hybridized carbons (Fsp3) is 0.188. The topological polar surface area (TPSA) is 46.5 Å². The summed E-state index contributed by atoms with van der Waals surface area (Å²) in [5.41, 5.74) is 1.44. The molecule has 4 heteroatoms. The molecule has 0 radical (unpaired) electrons. The molecule has 0 saturated carbocycles. The molecule has 3 nitrogen and oxygen atoms in total. The quantitative estimate of drug-likeness (QED) is 0.878. The Morgan fingerprint density at radius 2 is 1.80 bits per heavy atom. The van der Waals surface area contributed by atoms with Gasteiger partial charge in [-0.1, -0.05) is 30.3 Å². The maximum Gasteiger partial charge on any atom is 0.303 e. The van der Waals surface area contributed by atoms with Crippen LogP contribution in [-0.2, 0) is 17.8 Å². The summed E-state index contributed by atoms with van der Waals surface area (Å²) in [6.07, 6.45) is 0.596. The molecule has 0 heterocycles. The lowest BCUT2D eigenvalue weighted by atomic mass is 10.1. The summed E-state index contributed by atoms with van der Waals surface area (Å²) in [7, 11) is 0. The molecule has 0 aromatic heterocycles. The maximum absolute atomic E-state index is 13.4. The molecule has 20 heavy (non-hydrogen) atoms. The van der Waals surface area contributed by atoms with Crippen LogP contribution >= 0.6 is 0 Å². The van der Waals surface area contributed by atoms with Crippen LogP contribution < -0.4 is 4.74 Å².